The predicted octanol–water partition coefficient (Wildman–Crippen LogP) is 3.61. The molecule has 1 aliphatic heterocycles. The molecule has 0 radical (unpaired) electrons. The van der Waals surface area contributed by atoms with Crippen LogP contribution < -0.4 is 15.0 Å². The molecule has 0 aliphatic carbocycles. The minimum atomic E-state index is -0.314. The number of hydrogen-bond acceptors (Lipinski definition) is 4. The van der Waals surface area contributed by atoms with Crippen LogP contribution in [0.1, 0.15) is 17.0 Å². The number of benzene rings is 2. The van der Waals surface area contributed by atoms with Crippen LogP contribution in [0, 0.1) is 0 Å². The van der Waals surface area contributed by atoms with Crippen LogP contribution in [-0.4, -0.2) is 24.4 Å². The molecule has 1 atom stereocenters. The predicted molar refractivity (Wildman–Crippen MR) is 99.9 cm³/mol. The maximum Gasteiger partial charge on any atom is 0.287 e. The highest BCUT2D eigenvalue weighted by Crippen LogP contribution is 2.27. The van der Waals surface area contributed by atoms with E-state index in [0.29, 0.717) is 12.3 Å². The van der Waals surface area contributed by atoms with Crippen LogP contribution in [0.2, 0.25) is 0 Å². The van der Waals surface area contributed by atoms with Crippen LogP contribution in [0.15, 0.2) is 77.4 Å². The van der Waals surface area contributed by atoms with Gasteiger partial charge in [-0.1, -0.05) is 18.2 Å². The van der Waals surface area contributed by atoms with Gasteiger partial charge in [-0.25, -0.2) is 0 Å². The van der Waals surface area contributed by atoms with Crippen LogP contribution in [0.25, 0.3) is 0 Å². The number of carbonyl (C=O) groups excluding carboxylic acids is 2. The van der Waals surface area contributed by atoms with Crippen molar-refractivity contribution in [1.29, 1.82) is 0 Å². The minimum absolute atomic E-state index is 0.0310. The molecule has 0 saturated carbocycles. The van der Waals surface area contributed by atoms with Crippen molar-refractivity contribution >= 4 is 17.5 Å². The van der Waals surface area contributed by atoms with E-state index in [4.69, 9.17) is 9.15 Å². The number of ether oxygens (including phenoxy) is 1. The number of amides is 2. The number of para-hydroxylation sites is 1. The number of furan rings is 1. The smallest absolute Gasteiger partial charge is 0.287 e. The van der Waals surface area contributed by atoms with Gasteiger partial charge in [0.05, 0.1) is 12.3 Å². The molecule has 6 nitrogen and oxygen atoms in total. The van der Waals surface area contributed by atoms with Crippen LogP contribution in [0.4, 0.5) is 5.69 Å². The zero-order valence-electron chi connectivity index (χ0n) is 14.5. The van der Waals surface area contributed by atoms with Crippen LogP contribution in [0.5, 0.6) is 11.5 Å². The van der Waals surface area contributed by atoms with Crippen molar-refractivity contribution in [2.75, 3.05) is 11.4 Å². The van der Waals surface area contributed by atoms with Gasteiger partial charge in [-0.05, 0) is 48.5 Å². The van der Waals surface area contributed by atoms with Crippen molar-refractivity contribution in [3.8, 4) is 11.5 Å². The molecular weight excluding hydrogens is 344 g/mol. The van der Waals surface area contributed by atoms with Crippen molar-refractivity contribution in [1.82, 2.24) is 5.32 Å². The Morgan fingerprint density at radius 1 is 1.00 bits per heavy atom. The van der Waals surface area contributed by atoms with Gasteiger partial charge >= 0.3 is 0 Å². The number of nitrogens with zero attached hydrogens (tertiary/aromatic N) is 1. The molecule has 2 aromatic carbocycles. The van der Waals surface area contributed by atoms with Crippen molar-refractivity contribution < 1.29 is 18.7 Å². The Bertz CT molecular complexity index is 921. The fourth-order valence-electron chi connectivity index (χ4n) is 3.04. The second kappa shape index (κ2) is 7.37. The van der Waals surface area contributed by atoms with Gasteiger partial charge in [0.1, 0.15) is 11.5 Å². The van der Waals surface area contributed by atoms with Crippen molar-refractivity contribution in [2.45, 2.75) is 12.5 Å². The van der Waals surface area contributed by atoms with Crippen LogP contribution in [0.3, 0.4) is 0 Å². The monoisotopic (exact) mass is 362 g/mol. The van der Waals surface area contributed by atoms with Gasteiger partial charge in [-0.15, -0.1) is 0 Å². The second-order valence-corrected chi connectivity index (χ2v) is 6.27. The van der Waals surface area contributed by atoms with Gasteiger partial charge in [0.25, 0.3) is 5.91 Å². The first kappa shape index (κ1) is 16.9. The molecule has 3 aromatic rings. The van der Waals surface area contributed by atoms with Crippen LogP contribution in [-0.2, 0) is 4.79 Å². The topological polar surface area (TPSA) is 71.8 Å². The number of rotatable bonds is 5. The second-order valence-electron chi connectivity index (χ2n) is 6.27. The first-order valence-electron chi connectivity index (χ1n) is 8.67. The normalized spacial score (nSPS) is 16.4. The minimum Gasteiger partial charge on any atom is -0.459 e. The van der Waals surface area contributed by atoms with E-state index in [1.807, 2.05) is 54.6 Å². The van der Waals surface area contributed by atoms with E-state index >= 15 is 0 Å². The number of carbonyl (C=O) groups is 2. The standard InChI is InChI=1S/C21H18N2O4/c24-20-13-15(22-21(25)19-7-4-12-26-19)14-23(20)16-8-10-18(11-9-16)27-17-5-2-1-3-6-17/h1-12,15H,13-14H2,(H,22,25)/t15-/m1/s1. The SMILES string of the molecule is O=C(N[C@@H]1CC(=O)N(c2ccc(Oc3ccccc3)cc2)C1)c1ccco1. The van der Waals surface area contributed by atoms with Gasteiger partial charge in [-0.2, -0.15) is 0 Å². The summed E-state index contributed by atoms with van der Waals surface area (Å²) in [6, 6.07) is 19.8. The number of anilines is 1. The van der Waals surface area contributed by atoms with Crippen molar-refractivity contribution in [2.24, 2.45) is 0 Å². The maximum atomic E-state index is 12.3. The molecular formula is C21H18N2O4. The highest BCUT2D eigenvalue weighted by atomic mass is 16.5. The molecule has 1 aliphatic rings. The average molecular weight is 362 g/mol. The zero-order valence-corrected chi connectivity index (χ0v) is 14.5. The first-order chi connectivity index (χ1) is 13.2. The van der Waals surface area contributed by atoms with E-state index in [1.165, 1.54) is 6.26 Å². The lowest BCUT2D eigenvalue weighted by atomic mass is 10.2. The molecule has 0 bridgehead atoms. The van der Waals surface area contributed by atoms with Crippen molar-refractivity contribution in [3.63, 3.8) is 0 Å². The van der Waals surface area contributed by atoms with E-state index in [9.17, 15) is 9.59 Å². The molecule has 1 aromatic heterocycles. The van der Waals surface area contributed by atoms with E-state index in [1.54, 1.807) is 17.0 Å². The van der Waals surface area contributed by atoms with E-state index in [0.717, 1.165) is 11.4 Å². The number of hydrogen-bond donors (Lipinski definition) is 1. The quantitative estimate of drug-likeness (QED) is 0.753. The van der Waals surface area contributed by atoms with Crippen molar-refractivity contribution in [3.05, 3.63) is 78.8 Å². The molecule has 27 heavy (non-hydrogen) atoms. The third kappa shape index (κ3) is 3.84. The van der Waals surface area contributed by atoms with Gasteiger partial charge in [-0.3, -0.25) is 9.59 Å². The summed E-state index contributed by atoms with van der Waals surface area (Å²) in [6.45, 7) is 0.421. The summed E-state index contributed by atoms with van der Waals surface area (Å²) in [5.41, 5.74) is 0.773. The molecule has 2 amide bonds. The lowest BCUT2D eigenvalue weighted by Gasteiger charge is -2.17. The lowest BCUT2D eigenvalue weighted by molar-refractivity contribution is -0.117. The molecule has 4 rings (SSSR count). The lowest BCUT2D eigenvalue weighted by Crippen LogP contribution is -2.37. The zero-order chi connectivity index (χ0) is 18.6. The fourth-order valence-corrected chi connectivity index (χ4v) is 3.04. The van der Waals surface area contributed by atoms with Gasteiger partial charge in [0.2, 0.25) is 5.91 Å². The molecule has 1 saturated heterocycles. The van der Waals surface area contributed by atoms with E-state index in [2.05, 4.69) is 5.32 Å². The Hall–Kier alpha value is -3.54. The molecule has 2 heterocycles. The Balaban J connectivity index is 1.39. The molecule has 0 spiro atoms. The Labute approximate surface area is 156 Å². The molecule has 136 valence electrons. The molecule has 1 N–H and O–H groups in total. The Kier molecular flexibility index (Phi) is 4.61. The highest BCUT2D eigenvalue weighted by molar-refractivity contribution is 5.98. The summed E-state index contributed by atoms with van der Waals surface area (Å²) in [7, 11) is 0. The summed E-state index contributed by atoms with van der Waals surface area (Å²) in [5, 5.41) is 2.84. The first-order valence-corrected chi connectivity index (χ1v) is 8.67. The maximum absolute atomic E-state index is 12.3. The summed E-state index contributed by atoms with van der Waals surface area (Å²) in [5.74, 6) is 1.34. The highest BCUT2D eigenvalue weighted by Gasteiger charge is 2.32. The van der Waals surface area contributed by atoms with E-state index < -0.39 is 0 Å². The summed E-state index contributed by atoms with van der Waals surface area (Å²) < 4.78 is 10.8. The Morgan fingerprint density at radius 3 is 2.44 bits per heavy atom. The Morgan fingerprint density at radius 2 is 1.74 bits per heavy atom. The molecule has 0 unspecified atom stereocenters. The van der Waals surface area contributed by atoms with Gasteiger partial charge in [0.15, 0.2) is 5.76 Å². The fraction of sp³-hybridized carbons (Fsp3) is 0.143. The third-order valence-electron chi connectivity index (χ3n) is 4.33. The van der Waals surface area contributed by atoms with Crippen LogP contribution >= 0.6 is 0 Å². The third-order valence-corrected chi connectivity index (χ3v) is 4.33. The number of nitrogens with one attached hydrogen (secondary N) is 1. The summed E-state index contributed by atoms with van der Waals surface area (Å²) >= 11 is 0. The molecule has 1 fully saturated rings. The molecule has 6 heteroatoms. The summed E-state index contributed by atoms with van der Waals surface area (Å²) in [6.07, 6.45) is 1.70. The largest absolute Gasteiger partial charge is 0.459 e. The van der Waals surface area contributed by atoms with Gasteiger partial charge in [0, 0.05) is 18.7 Å². The average Bonchev–Trinajstić information content (AvgIpc) is 3.33. The van der Waals surface area contributed by atoms with E-state index in [-0.39, 0.29) is 30.0 Å². The van der Waals surface area contributed by atoms with Gasteiger partial charge < -0.3 is 19.4 Å². The summed E-state index contributed by atoms with van der Waals surface area (Å²) in [4.78, 5) is 26.1.